The number of halogens is 1. The molecule has 2 nitrogen and oxygen atoms in total. The van der Waals surface area contributed by atoms with Gasteiger partial charge in [-0.2, -0.15) is 0 Å². The monoisotopic (exact) mass is 261 g/mol. The molecule has 0 radical (unpaired) electrons. The van der Waals surface area contributed by atoms with Gasteiger partial charge in [-0.15, -0.1) is 11.3 Å². The Labute approximate surface area is 107 Å². The third-order valence-electron chi connectivity index (χ3n) is 2.59. The summed E-state index contributed by atoms with van der Waals surface area (Å²) in [7, 11) is 1.76. The molecule has 0 saturated carbocycles. The maximum absolute atomic E-state index is 5.93. The van der Waals surface area contributed by atoms with Crippen molar-refractivity contribution >= 4 is 22.9 Å². The van der Waals surface area contributed by atoms with Crippen molar-refractivity contribution in [2.75, 3.05) is 13.7 Å². The second-order valence-electron chi connectivity index (χ2n) is 3.95. The van der Waals surface area contributed by atoms with E-state index in [1.807, 2.05) is 6.07 Å². The van der Waals surface area contributed by atoms with Crippen LogP contribution in [0.15, 0.2) is 12.1 Å². The van der Waals surface area contributed by atoms with Crippen molar-refractivity contribution in [3.8, 4) is 0 Å². The van der Waals surface area contributed by atoms with Crippen LogP contribution < -0.4 is 5.32 Å². The SMILES string of the molecule is CCNC(Cc1ccc(Cl)s1)CC(C)OC. The van der Waals surface area contributed by atoms with Crippen LogP contribution in [0, 0.1) is 0 Å². The van der Waals surface area contributed by atoms with E-state index >= 15 is 0 Å². The molecular weight excluding hydrogens is 242 g/mol. The number of hydrogen-bond acceptors (Lipinski definition) is 3. The number of nitrogens with one attached hydrogen (secondary N) is 1. The van der Waals surface area contributed by atoms with Crippen LogP contribution in [-0.2, 0) is 11.2 Å². The predicted octanol–water partition coefficient (Wildman–Crippen LogP) is 3.35. The Kier molecular flexibility index (Phi) is 6.36. The van der Waals surface area contributed by atoms with E-state index in [4.69, 9.17) is 16.3 Å². The molecule has 16 heavy (non-hydrogen) atoms. The second kappa shape index (κ2) is 7.28. The number of rotatable bonds is 7. The Hall–Kier alpha value is -0.0900. The van der Waals surface area contributed by atoms with Crippen LogP contribution in [0.1, 0.15) is 25.1 Å². The van der Waals surface area contributed by atoms with Crippen LogP contribution in [-0.4, -0.2) is 25.8 Å². The lowest BCUT2D eigenvalue weighted by molar-refractivity contribution is 0.101. The number of methoxy groups -OCH3 is 1. The maximum Gasteiger partial charge on any atom is 0.0931 e. The third kappa shape index (κ3) is 4.83. The van der Waals surface area contributed by atoms with Crippen molar-refractivity contribution in [1.82, 2.24) is 5.32 Å². The highest BCUT2D eigenvalue weighted by Crippen LogP contribution is 2.23. The Morgan fingerprint density at radius 3 is 2.75 bits per heavy atom. The van der Waals surface area contributed by atoms with Gasteiger partial charge < -0.3 is 10.1 Å². The van der Waals surface area contributed by atoms with E-state index in [2.05, 4.69) is 25.2 Å². The second-order valence-corrected chi connectivity index (χ2v) is 5.75. The van der Waals surface area contributed by atoms with Gasteiger partial charge in [0.25, 0.3) is 0 Å². The molecule has 0 aliphatic heterocycles. The normalized spacial score (nSPS) is 15.0. The summed E-state index contributed by atoms with van der Waals surface area (Å²) in [5.41, 5.74) is 0. The molecule has 0 aromatic carbocycles. The van der Waals surface area contributed by atoms with Gasteiger partial charge in [0.1, 0.15) is 0 Å². The molecule has 0 amide bonds. The van der Waals surface area contributed by atoms with Crippen LogP contribution in [0.25, 0.3) is 0 Å². The Morgan fingerprint density at radius 1 is 1.50 bits per heavy atom. The molecule has 0 fully saturated rings. The van der Waals surface area contributed by atoms with Gasteiger partial charge in [-0.3, -0.25) is 0 Å². The number of hydrogen-bond donors (Lipinski definition) is 1. The fraction of sp³-hybridized carbons (Fsp3) is 0.667. The minimum atomic E-state index is 0.291. The molecule has 0 aliphatic carbocycles. The van der Waals surface area contributed by atoms with E-state index in [0.29, 0.717) is 12.1 Å². The highest BCUT2D eigenvalue weighted by atomic mass is 35.5. The summed E-state index contributed by atoms with van der Waals surface area (Å²) < 4.78 is 6.17. The van der Waals surface area contributed by atoms with Crippen LogP contribution in [0.5, 0.6) is 0 Å². The van der Waals surface area contributed by atoms with Gasteiger partial charge >= 0.3 is 0 Å². The van der Waals surface area contributed by atoms with Gasteiger partial charge in [0, 0.05) is 18.0 Å². The van der Waals surface area contributed by atoms with Crippen LogP contribution in [0.2, 0.25) is 4.34 Å². The summed E-state index contributed by atoms with van der Waals surface area (Å²) in [4.78, 5) is 1.33. The van der Waals surface area contributed by atoms with E-state index in [1.54, 1.807) is 18.4 Å². The van der Waals surface area contributed by atoms with Crippen LogP contribution in [0.4, 0.5) is 0 Å². The van der Waals surface area contributed by atoms with E-state index in [0.717, 1.165) is 23.7 Å². The standard InChI is InChI=1S/C12H20ClNOS/c1-4-14-10(7-9(2)15-3)8-11-5-6-12(13)16-11/h5-6,9-10,14H,4,7-8H2,1-3H3. The van der Waals surface area contributed by atoms with Gasteiger partial charge in [0.2, 0.25) is 0 Å². The van der Waals surface area contributed by atoms with Gasteiger partial charge in [-0.05, 0) is 38.4 Å². The molecule has 4 heteroatoms. The first kappa shape index (κ1) is 14.0. The van der Waals surface area contributed by atoms with Crippen molar-refractivity contribution in [1.29, 1.82) is 0 Å². The van der Waals surface area contributed by atoms with Crippen molar-refractivity contribution in [3.05, 3.63) is 21.3 Å². The maximum atomic E-state index is 5.93. The van der Waals surface area contributed by atoms with Crippen molar-refractivity contribution in [2.45, 2.75) is 38.8 Å². The molecule has 2 atom stereocenters. The number of thiophene rings is 1. The minimum absolute atomic E-state index is 0.291. The highest BCUT2D eigenvalue weighted by Gasteiger charge is 2.13. The zero-order chi connectivity index (χ0) is 12.0. The summed E-state index contributed by atoms with van der Waals surface area (Å²) in [6.45, 7) is 5.22. The van der Waals surface area contributed by atoms with E-state index < -0.39 is 0 Å². The smallest absolute Gasteiger partial charge is 0.0931 e. The van der Waals surface area contributed by atoms with Crippen LogP contribution in [0.3, 0.4) is 0 Å². The largest absolute Gasteiger partial charge is 0.382 e. The Balaban J connectivity index is 2.50. The fourth-order valence-electron chi connectivity index (χ4n) is 1.73. The van der Waals surface area contributed by atoms with E-state index in [9.17, 15) is 0 Å². The van der Waals surface area contributed by atoms with Crippen molar-refractivity contribution in [2.24, 2.45) is 0 Å². The topological polar surface area (TPSA) is 21.3 Å². The van der Waals surface area contributed by atoms with E-state index in [-0.39, 0.29) is 0 Å². The van der Waals surface area contributed by atoms with Gasteiger partial charge in [-0.25, -0.2) is 0 Å². The Bertz CT molecular complexity index is 303. The first-order chi connectivity index (χ1) is 7.65. The average molecular weight is 262 g/mol. The van der Waals surface area contributed by atoms with E-state index in [1.165, 1.54) is 4.88 Å². The molecule has 1 heterocycles. The summed E-state index contributed by atoms with van der Waals surface area (Å²) in [6, 6.07) is 4.54. The molecule has 0 saturated heterocycles. The molecule has 1 aromatic heterocycles. The quantitative estimate of drug-likeness (QED) is 0.813. The first-order valence-corrected chi connectivity index (χ1v) is 6.85. The van der Waals surface area contributed by atoms with Gasteiger partial charge in [-0.1, -0.05) is 18.5 Å². The van der Waals surface area contributed by atoms with Gasteiger partial charge in [0.15, 0.2) is 0 Å². The molecule has 0 aliphatic rings. The summed E-state index contributed by atoms with van der Waals surface area (Å²) in [5.74, 6) is 0. The van der Waals surface area contributed by atoms with Crippen molar-refractivity contribution in [3.63, 3.8) is 0 Å². The summed E-state index contributed by atoms with van der Waals surface area (Å²) in [6.07, 6.45) is 2.35. The Morgan fingerprint density at radius 2 is 2.25 bits per heavy atom. The third-order valence-corrected chi connectivity index (χ3v) is 3.84. The molecule has 0 spiro atoms. The summed E-state index contributed by atoms with van der Waals surface area (Å²) >= 11 is 7.59. The molecule has 1 rings (SSSR count). The number of likely N-dealkylation sites (N-methyl/N-ethyl adjacent to an activating group) is 1. The van der Waals surface area contributed by atoms with Gasteiger partial charge in [0.05, 0.1) is 10.4 Å². The molecule has 0 bridgehead atoms. The summed E-state index contributed by atoms with van der Waals surface area (Å²) in [5, 5.41) is 3.49. The lowest BCUT2D eigenvalue weighted by Gasteiger charge is -2.20. The lowest BCUT2D eigenvalue weighted by atomic mass is 10.1. The predicted molar refractivity (Wildman–Crippen MR) is 71.6 cm³/mol. The van der Waals surface area contributed by atoms with Crippen LogP contribution >= 0.6 is 22.9 Å². The molecule has 2 unspecified atom stereocenters. The zero-order valence-electron chi connectivity index (χ0n) is 10.1. The molecule has 92 valence electrons. The fourth-order valence-corrected chi connectivity index (χ4v) is 2.90. The van der Waals surface area contributed by atoms with Crippen molar-refractivity contribution < 1.29 is 4.74 Å². The number of ether oxygens (including phenoxy) is 1. The first-order valence-electron chi connectivity index (χ1n) is 5.66. The molecule has 1 N–H and O–H groups in total. The molecule has 1 aromatic rings. The average Bonchev–Trinajstić information content (AvgIpc) is 2.64. The minimum Gasteiger partial charge on any atom is -0.382 e. The lowest BCUT2D eigenvalue weighted by Crippen LogP contribution is -2.34. The highest BCUT2D eigenvalue weighted by molar-refractivity contribution is 7.16. The molecular formula is C12H20ClNOS. The zero-order valence-corrected chi connectivity index (χ0v) is 11.7.